The van der Waals surface area contributed by atoms with Gasteiger partial charge in [0.2, 0.25) is 0 Å². The molecule has 0 saturated heterocycles. The first kappa shape index (κ1) is 8.28. The maximum Gasteiger partial charge on any atom is 0.0656 e. The first-order valence-electron chi connectivity index (χ1n) is 3.97. The molecule has 1 aromatic carbocycles. The van der Waals surface area contributed by atoms with E-state index in [-0.39, 0.29) is 0 Å². The summed E-state index contributed by atoms with van der Waals surface area (Å²) in [6, 6.07) is 11.7. The quantitative estimate of drug-likeness (QED) is 0.693. The summed E-state index contributed by atoms with van der Waals surface area (Å²) in [4.78, 5) is 0. The van der Waals surface area contributed by atoms with Gasteiger partial charge in [-0.25, -0.2) is 0 Å². The fraction of sp³-hybridized carbons (Fsp3) is 0.300. The molecule has 1 heteroatoms. The smallest absolute Gasteiger partial charge is 0.0656 e. The first-order chi connectivity index (χ1) is 5.38. The highest BCUT2D eigenvalue weighted by Crippen LogP contribution is 2.13. The van der Waals surface area contributed by atoms with Crippen LogP contribution >= 0.6 is 0 Å². The van der Waals surface area contributed by atoms with E-state index in [2.05, 4.69) is 36.5 Å². The zero-order chi connectivity index (χ0) is 8.10. The molecule has 59 valence electrons. The number of hydrogen-bond donors (Lipinski definition) is 1. The largest absolute Gasteiger partial charge is 0.309 e. The van der Waals surface area contributed by atoms with Crippen LogP contribution in [0.3, 0.4) is 0 Å². The number of benzene rings is 1. The Bertz CT molecular complexity index is 189. The molecular formula is C10H14N. The lowest BCUT2D eigenvalue weighted by molar-refractivity contribution is 0.779. The molecule has 0 atom stereocenters. The van der Waals surface area contributed by atoms with Gasteiger partial charge in [-0.1, -0.05) is 37.3 Å². The molecule has 0 amide bonds. The van der Waals surface area contributed by atoms with Gasteiger partial charge in [-0.2, -0.15) is 0 Å². The molecule has 1 N–H and O–H groups in total. The molecule has 0 unspecified atom stereocenters. The minimum atomic E-state index is 1.06. The van der Waals surface area contributed by atoms with Crippen LogP contribution in [-0.2, 0) is 0 Å². The van der Waals surface area contributed by atoms with Crippen LogP contribution in [0.5, 0.6) is 0 Å². The van der Waals surface area contributed by atoms with Crippen LogP contribution < -0.4 is 5.32 Å². The van der Waals surface area contributed by atoms with Gasteiger partial charge >= 0.3 is 0 Å². The Kier molecular flexibility index (Phi) is 3.12. The molecule has 0 aromatic heterocycles. The van der Waals surface area contributed by atoms with Crippen molar-refractivity contribution in [3.63, 3.8) is 0 Å². The lowest BCUT2D eigenvalue weighted by Gasteiger charge is -2.11. The van der Waals surface area contributed by atoms with Gasteiger partial charge in [0.1, 0.15) is 0 Å². The van der Waals surface area contributed by atoms with Gasteiger partial charge in [-0.05, 0) is 19.0 Å². The molecule has 1 rings (SSSR count). The molecule has 0 aliphatic rings. The van der Waals surface area contributed by atoms with Gasteiger partial charge in [-0.15, -0.1) is 0 Å². The summed E-state index contributed by atoms with van der Waals surface area (Å²) >= 11 is 0. The highest BCUT2D eigenvalue weighted by Gasteiger charge is 2.04. The normalized spacial score (nSPS) is 10.5. The Morgan fingerprint density at radius 1 is 1.27 bits per heavy atom. The molecule has 1 radical (unpaired) electrons. The van der Waals surface area contributed by atoms with Crippen molar-refractivity contribution in [2.45, 2.75) is 13.3 Å². The molecule has 1 aromatic rings. The van der Waals surface area contributed by atoms with Gasteiger partial charge in [0.05, 0.1) is 6.04 Å². The zero-order valence-electron chi connectivity index (χ0n) is 7.09. The molecule has 1 nitrogen and oxygen atoms in total. The molecular weight excluding hydrogens is 134 g/mol. The predicted molar refractivity (Wildman–Crippen MR) is 48.1 cm³/mol. The van der Waals surface area contributed by atoms with E-state index in [0.29, 0.717) is 0 Å². The minimum absolute atomic E-state index is 1.06. The van der Waals surface area contributed by atoms with Crippen LogP contribution in [0.2, 0.25) is 0 Å². The predicted octanol–water partition coefficient (Wildman–Crippen LogP) is 2.20. The second-order valence-corrected chi connectivity index (χ2v) is 2.45. The van der Waals surface area contributed by atoms with Crippen LogP contribution in [0.4, 0.5) is 0 Å². The highest BCUT2D eigenvalue weighted by molar-refractivity contribution is 5.28. The van der Waals surface area contributed by atoms with Crippen molar-refractivity contribution in [1.29, 1.82) is 0 Å². The van der Waals surface area contributed by atoms with Crippen molar-refractivity contribution in [2.24, 2.45) is 0 Å². The third kappa shape index (κ3) is 2.05. The van der Waals surface area contributed by atoms with E-state index in [1.54, 1.807) is 0 Å². The fourth-order valence-electron chi connectivity index (χ4n) is 1.16. The Morgan fingerprint density at radius 3 is 2.36 bits per heavy atom. The van der Waals surface area contributed by atoms with E-state index < -0.39 is 0 Å². The second-order valence-electron chi connectivity index (χ2n) is 2.45. The molecule has 0 bridgehead atoms. The van der Waals surface area contributed by atoms with E-state index in [4.69, 9.17) is 0 Å². The van der Waals surface area contributed by atoms with E-state index in [1.807, 2.05) is 13.1 Å². The summed E-state index contributed by atoms with van der Waals surface area (Å²) in [7, 11) is 1.96. The Morgan fingerprint density at radius 2 is 1.91 bits per heavy atom. The zero-order valence-corrected chi connectivity index (χ0v) is 7.09. The SMILES string of the molecule is CC[C](NC)c1ccccc1. The number of nitrogens with one attached hydrogen (secondary N) is 1. The van der Waals surface area contributed by atoms with Crippen molar-refractivity contribution in [3.05, 3.63) is 41.9 Å². The monoisotopic (exact) mass is 148 g/mol. The van der Waals surface area contributed by atoms with Crippen molar-refractivity contribution >= 4 is 0 Å². The highest BCUT2D eigenvalue weighted by atomic mass is 14.9. The number of rotatable bonds is 3. The average Bonchev–Trinajstić information content (AvgIpc) is 2.09. The summed E-state index contributed by atoms with van der Waals surface area (Å²) in [6.07, 6.45) is 1.06. The summed E-state index contributed by atoms with van der Waals surface area (Å²) in [6.45, 7) is 2.15. The third-order valence-corrected chi connectivity index (χ3v) is 1.78. The Labute approximate surface area is 68.4 Å². The van der Waals surface area contributed by atoms with Crippen molar-refractivity contribution in [3.8, 4) is 0 Å². The van der Waals surface area contributed by atoms with Gasteiger partial charge in [0.25, 0.3) is 0 Å². The fourth-order valence-corrected chi connectivity index (χ4v) is 1.16. The minimum Gasteiger partial charge on any atom is -0.309 e. The topological polar surface area (TPSA) is 12.0 Å². The van der Waals surface area contributed by atoms with E-state index in [0.717, 1.165) is 6.42 Å². The second kappa shape index (κ2) is 4.14. The van der Waals surface area contributed by atoms with Crippen LogP contribution in [0.25, 0.3) is 0 Å². The third-order valence-electron chi connectivity index (χ3n) is 1.78. The molecule has 11 heavy (non-hydrogen) atoms. The molecule has 0 saturated carbocycles. The van der Waals surface area contributed by atoms with Crippen molar-refractivity contribution in [2.75, 3.05) is 7.05 Å². The van der Waals surface area contributed by atoms with E-state index >= 15 is 0 Å². The summed E-state index contributed by atoms with van der Waals surface area (Å²) < 4.78 is 0. The summed E-state index contributed by atoms with van der Waals surface area (Å²) in [5.74, 6) is 0. The summed E-state index contributed by atoms with van der Waals surface area (Å²) in [5, 5.41) is 3.18. The standard InChI is InChI=1S/C10H14N/c1-3-10(11-2)9-7-5-4-6-8-9/h4-8,11H,3H2,1-2H3. The molecule has 0 aliphatic carbocycles. The molecule has 0 heterocycles. The maximum absolute atomic E-state index is 3.18. The summed E-state index contributed by atoms with van der Waals surface area (Å²) in [5.41, 5.74) is 1.29. The van der Waals surface area contributed by atoms with Crippen LogP contribution in [0.1, 0.15) is 18.9 Å². The van der Waals surface area contributed by atoms with Crippen molar-refractivity contribution in [1.82, 2.24) is 5.32 Å². The molecule has 0 spiro atoms. The van der Waals surface area contributed by atoms with E-state index in [1.165, 1.54) is 11.6 Å². The van der Waals surface area contributed by atoms with Crippen LogP contribution in [0.15, 0.2) is 30.3 Å². The Balaban J connectivity index is 2.74. The van der Waals surface area contributed by atoms with Gasteiger partial charge in [0, 0.05) is 0 Å². The first-order valence-corrected chi connectivity index (χ1v) is 3.97. The van der Waals surface area contributed by atoms with Crippen LogP contribution in [0, 0.1) is 6.04 Å². The van der Waals surface area contributed by atoms with Gasteiger partial charge in [0.15, 0.2) is 0 Å². The van der Waals surface area contributed by atoms with Gasteiger partial charge < -0.3 is 5.32 Å². The Hall–Kier alpha value is -0.820. The van der Waals surface area contributed by atoms with Gasteiger partial charge in [-0.3, -0.25) is 0 Å². The molecule has 0 aliphatic heterocycles. The van der Waals surface area contributed by atoms with E-state index in [9.17, 15) is 0 Å². The average molecular weight is 148 g/mol. The molecule has 0 fully saturated rings. The lowest BCUT2D eigenvalue weighted by atomic mass is 10.1. The van der Waals surface area contributed by atoms with Crippen LogP contribution in [-0.4, -0.2) is 7.05 Å². The van der Waals surface area contributed by atoms with Crippen molar-refractivity contribution < 1.29 is 0 Å². The lowest BCUT2D eigenvalue weighted by Crippen LogP contribution is -2.15. The number of hydrogen-bond acceptors (Lipinski definition) is 1. The maximum atomic E-state index is 3.18.